The SMILES string of the molecule is Cc1ccccc1N1CCN(CC(=O)N[C@H]2CCN(Cc3ccccc3)C2)CC1. The van der Waals surface area contributed by atoms with Crippen molar-refractivity contribution in [1.29, 1.82) is 0 Å². The van der Waals surface area contributed by atoms with Gasteiger partial charge in [-0.25, -0.2) is 0 Å². The van der Waals surface area contributed by atoms with E-state index in [-0.39, 0.29) is 11.9 Å². The van der Waals surface area contributed by atoms with E-state index in [9.17, 15) is 4.79 Å². The Kier molecular flexibility index (Phi) is 6.47. The van der Waals surface area contributed by atoms with E-state index in [1.165, 1.54) is 16.8 Å². The standard InChI is InChI=1S/C24H32N4O/c1-20-7-5-6-10-23(20)28-15-13-26(14-16-28)19-24(29)25-22-11-12-27(18-22)17-21-8-3-2-4-9-21/h2-10,22H,11-19H2,1H3,(H,25,29)/t22-/m0/s1. The number of nitrogens with zero attached hydrogens (tertiary/aromatic N) is 3. The number of hydrogen-bond acceptors (Lipinski definition) is 4. The Labute approximate surface area is 174 Å². The summed E-state index contributed by atoms with van der Waals surface area (Å²) in [5, 5.41) is 3.26. The Morgan fingerprint density at radius 1 is 0.931 bits per heavy atom. The molecule has 0 bridgehead atoms. The first-order valence-electron chi connectivity index (χ1n) is 10.8. The molecule has 2 aromatic carbocycles. The van der Waals surface area contributed by atoms with Crippen LogP contribution in [-0.2, 0) is 11.3 Å². The maximum atomic E-state index is 12.6. The molecular weight excluding hydrogens is 360 g/mol. The van der Waals surface area contributed by atoms with Crippen molar-refractivity contribution in [3.8, 4) is 0 Å². The minimum absolute atomic E-state index is 0.168. The molecule has 154 valence electrons. The van der Waals surface area contributed by atoms with E-state index in [2.05, 4.69) is 81.5 Å². The van der Waals surface area contributed by atoms with Crippen LogP contribution in [-0.4, -0.2) is 67.6 Å². The van der Waals surface area contributed by atoms with Gasteiger partial charge in [-0.2, -0.15) is 0 Å². The Hall–Kier alpha value is -2.37. The zero-order valence-corrected chi connectivity index (χ0v) is 17.4. The van der Waals surface area contributed by atoms with Gasteiger partial charge in [-0.1, -0.05) is 48.5 Å². The van der Waals surface area contributed by atoms with Gasteiger partial charge in [0.25, 0.3) is 0 Å². The zero-order chi connectivity index (χ0) is 20.1. The third kappa shape index (κ3) is 5.37. The fraction of sp³-hybridized carbons (Fsp3) is 0.458. The van der Waals surface area contributed by atoms with E-state index < -0.39 is 0 Å². The van der Waals surface area contributed by atoms with E-state index in [0.29, 0.717) is 6.54 Å². The molecule has 1 N–H and O–H groups in total. The van der Waals surface area contributed by atoms with Gasteiger partial charge in [-0.3, -0.25) is 14.6 Å². The lowest BCUT2D eigenvalue weighted by Gasteiger charge is -2.36. The molecule has 1 amide bonds. The van der Waals surface area contributed by atoms with Crippen molar-refractivity contribution in [2.75, 3.05) is 50.7 Å². The molecule has 29 heavy (non-hydrogen) atoms. The number of amides is 1. The van der Waals surface area contributed by atoms with Crippen molar-refractivity contribution in [1.82, 2.24) is 15.1 Å². The number of benzene rings is 2. The first-order chi connectivity index (χ1) is 14.2. The lowest BCUT2D eigenvalue weighted by Crippen LogP contribution is -2.51. The summed E-state index contributed by atoms with van der Waals surface area (Å²) in [5.41, 5.74) is 3.98. The number of carbonyl (C=O) groups excluding carboxylic acids is 1. The summed E-state index contributed by atoms with van der Waals surface area (Å²) < 4.78 is 0. The average molecular weight is 393 g/mol. The fourth-order valence-corrected chi connectivity index (χ4v) is 4.48. The molecule has 0 saturated carbocycles. The van der Waals surface area contributed by atoms with Crippen molar-refractivity contribution < 1.29 is 4.79 Å². The van der Waals surface area contributed by atoms with Gasteiger partial charge < -0.3 is 10.2 Å². The van der Waals surface area contributed by atoms with Crippen LogP contribution in [0.1, 0.15) is 17.5 Å². The van der Waals surface area contributed by atoms with Gasteiger partial charge >= 0.3 is 0 Å². The molecule has 2 aliphatic heterocycles. The molecule has 5 heteroatoms. The number of para-hydroxylation sites is 1. The van der Waals surface area contributed by atoms with Crippen LogP contribution in [0.25, 0.3) is 0 Å². The van der Waals surface area contributed by atoms with Gasteiger partial charge in [0.15, 0.2) is 0 Å². The van der Waals surface area contributed by atoms with Crippen LogP contribution >= 0.6 is 0 Å². The summed E-state index contributed by atoms with van der Waals surface area (Å²) in [6.45, 7) is 9.47. The molecule has 2 heterocycles. The van der Waals surface area contributed by atoms with E-state index in [0.717, 1.165) is 52.2 Å². The predicted molar refractivity (Wildman–Crippen MR) is 118 cm³/mol. The second-order valence-corrected chi connectivity index (χ2v) is 8.32. The molecule has 0 radical (unpaired) electrons. The number of piperazine rings is 1. The van der Waals surface area contributed by atoms with Crippen LogP contribution in [0.5, 0.6) is 0 Å². The number of hydrogen-bond donors (Lipinski definition) is 1. The maximum Gasteiger partial charge on any atom is 0.234 e. The summed E-state index contributed by atoms with van der Waals surface area (Å²) in [4.78, 5) is 19.7. The first kappa shape index (κ1) is 19.9. The highest BCUT2D eigenvalue weighted by atomic mass is 16.2. The Balaban J connectivity index is 1.19. The summed E-state index contributed by atoms with van der Waals surface area (Å²) >= 11 is 0. The van der Waals surface area contributed by atoms with E-state index >= 15 is 0 Å². The van der Waals surface area contributed by atoms with Crippen molar-refractivity contribution in [2.45, 2.75) is 25.9 Å². The molecule has 2 aromatic rings. The minimum Gasteiger partial charge on any atom is -0.369 e. The third-order valence-electron chi connectivity index (χ3n) is 6.08. The number of carbonyl (C=O) groups is 1. The monoisotopic (exact) mass is 392 g/mol. The number of aryl methyl sites for hydroxylation is 1. The second kappa shape index (κ2) is 9.42. The molecule has 2 fully saturated rings. The second-order valence-electron chi connectivity index (χ2n) is 8.32. The fourth-order valence-electron chi connectivity index (χ4n) is 4.48. The van der Waals surface area contributed by atoms with Gasteiger partial charge in [0.1, 0.15) is 0 Å². The minimum atomic E-state index is 0.168. The van der Waals surface area contributed by atoms with Gasteiger partial charge in [0.05, 0.1) is 6.54 Å². The normalized spacial score (nSPS) is 20.7. The molecular formula is C24H32N4O. The molecule has 0 spiro atoms. The Morgan fingerprint density at radius 3 is 2.41 bits per heavy atom. The van der Waals surface area contributed by atoms with Crippen LogP contribution < -0.4 is 10.2 Å². The lowest BCUT2D eigenvalue weighted by molar-refractivity contribution is -0.122. The van der Waals surface area contributed by atoms with Gasteiger partial charge in [0, 0.05) is 57.5 Å². The highest BCUT2D eigenvalue weighted by Crippen LogP contribution is 2.20. The molecule has 0 unspecified atom stereocenters. The van der Waals surface area contributed by atoms with Crippen LogP contribution in [0.15, 0.2) is 54.6 Å². The van der Waals surface area contributed by atoms with Crippen LogP contribution in [0.4, 0.5) is 5.69 Å². The Morgan fingerprint density at radius 2 is 1.66 bits per heavy atom. The highest BCUT2D eigenvalue weighted by Gasteiger charge is 2.25. The number of likely N-dealkylation sites (tertiary alicyclic amines) is 1. The number of anilines is 1. The van der Waals surface area contributed by atoms with Gasteiger partial charge in [0.2, 0.25) is 5.91 Å². The summed E-state index contributed by atoms with van der Waals surface area (Å²) in [7, 11) is 0. The summed E-state index contributed by atoms with van der Waals surface area (Å²) in [6.07, 6.45) is 1.04. The van der Waals surface area contributed by atoms with E-state index in [4.69, 9.17) is 0 Å². The number of rotatable bonds is 6. The van der Waals surface area contributed by atoms with Crippen LogP contribution in [0.3, 0.4) is 0 Å². The number of nitrogens with one attached hydrogen (secondary N) is 1. The molecule has 4 rings (SSSR count). The third-order valence-corrected chi connectivity index (χ3v) is 6.08. The molecule has 2 saturated heterocycles. The summed E-state index contributed by atoms with van der Waals surface area (Å²) in [6, 6.07) is 19.4. The zero-order valence-electron chi connectivity index (χ0n) is 17.4. The highest BCUT2D eigenvalue weighted by molar-refractivity contribution is 5.78. The van der Waals surface area contributed by atoms with E-state index in [1.807, 2.05) is 0 Å². The van der Waals surface area contributed by atoms with Crippen LogP contribution in [0, 0.1) is 6.92 Å². The topological polar surface area (TPSA) is 38.8 Å². The smallest absolute Gasteiger partial charge is 0.234 e. The largest absolute Gasteiger partial charge is 0.369 e. The maximum absolute atomic E-state index is 12.6. The lowest BCUT2D eigenvalue weighted by atomic mass is 10.1. The van der Waals surface area contributed by atoms with Gasteiger partial charge in [-0.05, 0) is 30.5 Å². The van der Waals surface area contributed by atoms with Crippen molar-refractivity contribution in [2.24, 2.45) is 0 Å². The van der Waals surface area contributed by atoms with Crippen molar-refractivity contribution in [3.05, 3.63) is 65.7 Å². The molecule has 0 aliphatic carbocycles. The van der Waals surface area contributed by atoms with Gasteiger partial charge in [-0.15, -0.1) is 0 Å². The van der Waals surface area contributed by atoms with Crippen LogP contribution in [0.2, 0.25) is 0 Å². The van der Waals surface area contributed by atoms with Crippen molar-refractivity contribution in [3.63, 3.8) is 0 Å². The van der Waals surface area contributed by atoms with Crippen molar-refractivity contribution >= 4 is 11.6 Å². The quantitative estimate of drug-likeness (QED) is 0.820. The average Bonchev–Trinajstić information content (AvgIpc) is 3.16. The first-order valence-corrected chi connectivity index (χ1v) is 10.8. The molecule has 2 aliphatic rings. The van der Waals surface area contributed by atoms with E-state index in [1.54, 1.807) is 0 Å². The summed E-state index contributed by atoms with van der Waals surface area (Å²) in [5.74, 6) is 0.168. The predicted octanol–water partition coefficient (Wildman–Crippen LogP) is 2.51. The molecule has 0 aromatic heterocycles. The Bertz CT molecular complexity index is 802. The molecule has 1 atom stereocenters. The molecule has 5 nitrogen and oxygen atoms in total.